The van der Waals surface area contributed by atoms with Gasteiger partial charge in [0.1, 0.15) is 5.69 Å². The Balaban J connectivity index is 2.19. The van der Waals surface area contributed by atoms with Crippen molar-refractivity contribution in [3.8, 4) is 11.3 Å². The lowest BCUT2D eigenvalue weighted by Crippen LogP contribution is -2.09. The summed E-state index contributed by atoms with van der Waals surface area (Å²) in [4.78, 5) is 4.44. The van der Waals surface area contributed by atoms with Crippen molar-refractivity contribution in [3.63, 3.8) is 0 Å². The first-order valence-corrected chi connectivity index (χ1v) is 8.16. The van der Waals surface area contributed by atoms with E-state index in [1.54, 1.807) is 6.20 Å². The number of hydrogen-bond donors (Lipinski definition) is 0. The fourth-order valence-corrected chi connectivity index (χ4v) is 2.75. The maximum absolute atomic E-state index is 4.54. The van der Waals surface area contributed by atoms with E-state index in [9.17, 15) is 0 Å². The lowest BCUT2D eigenvalue weighted by Gasteiger charge is -2.13. The number of aromatic nitrogens is 2. The number of hydrogen-bond acceptors (Lipinski definition) is 3. The highest BCUT2D eigenvalue weighted by Gasteiger charge is 2.17. The first kappa shape index (κ1) is 16.1. The molecule has 1 aliphatic carbocycles. The predicted octanol–water partition coefficient (Wildman–Crippen LogP) is 4.92. The van der Waals surface area contributed by atoms with Crippen LogP contribution in [0.25, 0.3) is 17.3 Å². The molecule has 1 heterocycles. The molecule has 2 aromatic rings. The summed E-state index contributed by atoms with van der Waals surface area (Å²) in [5, 5.41) is 9.03. The molecule has 0 fully saturated rings. The standard InChI is InChI=1S/C21H21N3/c1-4-14-22-16(3)20-18-8-6-5-7-9-19(18)21(24-23-20)17-12-10-15(2)11-13-17/h4-8,10-14H,9H2,1-3H3/b14-4-,22-16?. The zero-order valence-corrected chi connectivity index (χ0v) is 14.3. The number of allylic oxidation sites excluding steroid dienone is 4. The molecule has 120 valence electrons. The number of fused-ring (bicyclic) bond motifs is 1. The van der Waals surface area contributed by atoms with Crippen LogP contribution in [0.4, 0.5) is 0 Å². The molecule has 0 aliphatic heterocycles. The lowest BCUT2D eigenvalue weighted by molar-refractivity contribution is 0.990. The van der Waals surface area contributed by atoms with Crippen molar-refractivity contribution in [1.82, 2.24) is 10.2 Å². The Labute approximate surface area is 143 Å². The molecule has 0 unspecified atom stereocenters. The summed E-state index contributed by atoms with van der Waals surface area (Å²) in [5.41, 5.74) is 7.31. The van der Waals surface area contributed by atoms with Crippen LogP contribution in [0.3, 0.4) is 0 Å². The average Bonchev–Trinajstić information content (AvgIpc) is 2.85. The van der Waals surface area contributed by atoms with Crippen molar-refractivity contribution in [3.05, 3.63) is 77.2 Å². The van der Waals surface area contributed by atoms with Crippen molar-refractivity contribution in [1.29, 1.82) is 0 Å². The van der Waals surface area contributed by atoms with Gasteiger partial charge in [-0.2, -0.15) is 0 Å². The van der Waals surface area contributed by atoms with Crippen LogP contribution in [0.5, 0.6) is 0 Å². The van der Waals surface area contributed by atoms with Crippen molar-refractivity contribution in [2.75, 3.05) is 0 Å². The summed E-state index contributed by atoms with van der Waals surface area (Å²) in [6, 6.07) is 8.44. The molecule has 3 heteroatoms. The maximum Gasteiger partial charge on any atom is 0.114 e. The van der Waals surface area contributed by atoms with Gasteiger partial charge in [0.05, 0.1) is 11.4 Å². The van der Waals surface area contributed by atoms with E-state index in [-0.39, 0.29) is 0 Å². The van der Waals surface area contributed by atoms with Crippen LogP contribution >= 0.6 is 0 Å². The van der Waals surface area contributed by atoms with Gasteiger partial charge >= 0.3 is 0 Å². The molecule has 0 saturated heterocycles. The third-order valence-electron chi connectivity index (χ3n) is 4.03. The number of rotatable bonds is 3. The molecule has 1 aromatic heterocycles. The van der Waals surface area contributed by atoms with Gasteiger partial charge in [0.2, 0.25) is 0 Å². The normalized spacial score (nSPS) is 14.0. The van der Waals surface area contributed by atoms with Crippen LogP contribution in [-0.4, -0.2) is 15.9 Å². The fraction of sp³-hybridized carbons (Fsp3) is 0.190. The molecule has 3 rings (SSSR count). The molecule has 0 bridgehead atoms. The van der Waals surface area contributed by atoms with E-state index in [0.717, 1.165) is 34.6 Å². The van der Waals surface area contributed by atoms with E-state index in [1.165, 1.54) is 11.1 Å². The molecule has 0 atom stereocenters. The molecule has 0 amide bonds. The van der Waals surface area contributed by atoms with Gasteiger partial charge in [0, 0.05) is 17.3 Å². The largest absolute Gasteiger partial charge is 0.260 e. The Morgan fingerprint density at radius 2 is 1.92 bits per heavy atom. The zero-order chi connectivity index (χ0) is 16.9. The molecule has 0 N–H and O–H groups in total. The second-order valence-electron chi connectivity index (χ2n) is 5.84. The molecule has 0 saturated carbocycles. The molecule has 1 aromatic carbocycles. The highest BCUT2D eigenvalue weighted by Crippen LogP contribution is 2.28. The SMILES string of the molecule is C/C=C\N=C(C)c1nnc(-c2ccc(C)cc2)c2c1C=CC=CC2. The molecular weight excluding hydrogens is 294 g/mol. The molecular formula is C21H21N3. The summed E-state index contributed by atoms with van der Waals surface area (Å²) < 4.78 is 0. The van der Waals surface area contributed by atoms with Crippen molar-refractivity contribution >= 4 is 11.8 Å². The van der Waals surface area contributed by atoms with Gasteiger partial charge in [0.15, 0.2) is 0 Å². The van der Waals surface area contributed by atoms with Crippen LogP contribution in [0, 0.1) is 6.92 Å². The molecule has 0 spiro atoms. The monoisotopic (exact) mass is 315 g/mol. The van der Waals surface area contributed by atoms with E-state index in [2.05, 4.69) is 70.7 Å². The van der Waals surface area contributed by atoms with E-state index in [4.69, 9.17) is 0 Å². The molecule has 24 heavy (non-hydrogen) atoms. The first-order chi connectivity index (χ1) is 11.7. The van der Waals surface area contributed by atoms with Gasteiger partial charge in [-0.15, -0.1) is 10.2 Å². The number of aryl methyl sites for hydroxylation is 1. The second-order valence-corrected chi connectivity index (χ2v) is 5.84. The van der Waals surface area contributed by atoms with E-state index < -0.39 is 0 Å². The third kappa shape index (κ3) is 3.25. The molecule has 3 nitrogen and oxygen atoms in total. The topological polar surface area (TPSA) is 38.1 Å². The minimum absolute atomic E-state index is 0.838. The number of nitrogens with zero attached hydrogens (tertiary/aromatic N) is 3. The van der Waals surface area contributed by atoms with Crippen LogP contribution in [0.15, 0.2) is 59.8 Å². The molecule has 1 aliphatic rings. The predicted molar refractivity (Wildman–Crippen MR) is 101 cm³/mol. The van der Waals surface area contributed by atoms with Gasteiger partial charge in [-0.1, -0.05) is 60.2 Å². The van der Waals surface area contributed by atoms with Crippen LogP contribution in [-0.2, 0) is 6.42 Å². The second kappa shape index (κ2) is 7.18. The Hall–Kier alpha value is -2.81. The summed E-state index contributed by atoms with van der Waals surface area (Å²) in [6.45, 7) is 6.01. The van der Waals surface area contributed by atoms with E-state index >= 15 is 0 Å². The summed E-state index contributed by atoms with van der Waals surface area (Å²) in [6.07, 6.45) is 12.9. The van der Waals surface area contributed by atoms with Gasteiger partial charge in [-0.05, 0) is 32.8 Å². The van der Waals surface area contributed by atoms with Crippen molar-refractivity contribution in [2.24, 2.45) is 4.99 Å². The van der Waals surface area contributed by atoms with Gasteiger partial charge < -0.3 is 0 Å². The van der Waals surface area contributed by atoms with Gasteiger partial charge in [-0.3, -0.25) is 4.99 Å². The maximum atomic E-state index is 4.54. The number of benzene rings is 1. The van der Waals surface area contributed by atoms with Crippen LogP contribution in [0.2, 0.25) is 0 Å². The van der Waals surface area contributed by atoms with Gasteiger partial charge in [-0.25, -0.2) is 0 Å². The summed E-state index contributed by atoms with van der Waals surface area (Å²) in [7, 11) is 0. The van der Waals surface area contributed by atoms with E-state index in [0.29, 0.717) is 0 Å². The first-order valence-electron chi connectivity index (χ1n) is 8.16. The Bertz CT molecular complexity index is 853. The quantitative estimate of drug-likeness (QED) is 0.754. The Morgan fingerprint density at radius 1 is 1.12 bits per heavy atom. The minimum Gasteiger partial charge on any atom is -0.260 e. The number of aliphatic imine (C=N–C) groups is 1. The van der Waals surface area contributed by atoms with Crippen LogP contribution < -0.4 is 0 Å². The highest BCUT2D eigenvalue weighted by atomic mass is 15.1. The summed E-state index contributed by atoms with van der Waals surface area (Å²) >= 11 is 0. The zero-order valence-electron chi connectivity index (χ0n) is 14.3. The third-order valence-corrected chi connectivity index (χ3v) is 4.03. The summed E-state index contributed by atoms with van der Waals surface area (Å²) in [5.74, 6) is 0. The Kier molecular flexibility index (Phi) is 4.80. The van der Waals surface area contributed by atoms with E-state index in [1.807, 2.05) is 19.9 Å². The highest BCUT2D eigenvalue weighted by molar-refractivity contribution is 6.01. The average molecular weight is 315 g/mol. The smallest absolute Gasteiger partial charge is 0.114 e. The lowest BCUT2D eigenvalue weighted by atomic mass is 9.96. The Morgan fingerprint density at radius 3 is 2.67 bits per heavy atom. The van der Waals surface area contributed by atoms with Gasteiger partial charge in [0.25, 0.3) is 0 Å². The minimum atomic E-state index is 0.838. The molecule has 0 radical (unpaired) electrons. The van der Waals surface area contributed by atoms with Crippen molar-refractivity contribution < 1.29 is 0 Å². The van der Waals surface area contributed by atoms with Crippen LogP contribution in [0.1, 0.15) is 36.2 Å². The van der Waals surface area contributed by atoms with Crippen molar-refractivity contribution in [2.45, 2.75) is 27.2 Å². The fourth-order valence-electron chi connectivity index (χ4n) is 2.75.